The molecule has 2 aromatic rings. The van der Waals surface area contributed by atoms with E-state index in [2.05, 4.69) is 11.5 Å². The number of benzene rings is 1. The molecule has 0 spiro atoms. The number of aliphatic carboxylic acids is 1. The molecule has 0 saturated carbocycles. The first-order chi connectivity index (χ1) is 7.98. The van der Waals surface area contributed by atoms with Gasteiger partial charge in [-0.2, -0.15) is 0 Å². The smallest absolute Gasteiger partial charge is 0.313 e. The van der Waals surface area contributed by atoms with Gasteiger partial charge in [0, 0.05) is 23.6 Å². The molecule has 90 valence electrons. The summed E-state index contributed by atoms with van der Waals surface area (Å²) in [6, 6.07) is 7.85. The third-order valence-electron chi connectivity index (χ3n) is 3.36. The summed E-state index contributed by atoms with van der Waals surface area (Å²) < 4.78 is 2.12. The Kier molecular flexibility index (Phi) is 2.69. The summed E-state index contributed by atoms with van der Waals surface area (Å²) in [6.07, 6.45) is 2.01. The maximum absolute atomic E-state index is 11.3. The van der Waals surface area contributed by atoms with Crippen LogP contribution in [0.1, 0.15) is 26.3 Å². The molecule has 0 saturated heterocycles. The summed E-state index contributed by atoms with van der Waals surface area (Å²) in [5.41, 5.74) is 1.11. The third-order valence-corrected chi connectivity index (χ3v) is 3.36. The fraction of sp³-hybridized carbons (Fsp3) is 0.357. The lowest BCUT2D eigenvalue weighted by atomic mass is 9.83. The number of hydrogen-bond donors (Lipinski definition) is 1. The quantitative estimate of drug-likeness (QED) is 0.882. The van der Waals surface area contributed by atoms with Gasteiger partial charge in [-0.15, -0.1) is 0 Å². The van der Waals surface area contributed by atoms with E-state index in [1.807, 2.05) is 30.5 Å². The van der Waals surface area contributed by atoms with Crippen molar-refractivity contribution in [3.05, 3.63) is 36.0 Å². The Labute approximate surface area is 101 Å². The monoisotopic (exact) mass is 231 g/mol. The highest BCUT2D eigenvalue weighted by molar-refractivity contribution is 5.91. The van der Waals surface area contributed by atoms with Crippen LogP contribution in [0.2, 0.25) is 0 Å². The molecule has 0 aliphatic rings. The zero-order chi connectivity index (χ0) is 12.6. The molecule has 1 heterocycles. The van der Waals surface area contributed by atoms with E-state index >= 15 is 0 Å². The van der Waals surface area contributed by atoms with E-state index in [0.29, 0.717) is 0 Å². The lowest BCUT2D eigenvalue weighted by Crippen LogP contribution is -2.28. The summed E-state index contributed by atoms with van der Waals surface area (Å²) in [5, 5.41) is 10.3. The number of rotatable bonds is 3. The molecule has 0 bridgehead atoms. The van der Waals surface area contributed by atoms with Gasteiger partial charge in [0.25, 0.3) is 0 Å². The van der Waals surface area contributed by atoms with Crippen molar-refractivity contribution in [1.82, 2.24) is 4.57 Å². The Morgan fingerprint density at radius 2 is 2.06 bits per heavy atom. The van der Waals surface area contributed by atoms with Gasteiger partial charge in [0.1, 0.15) is 0 Å². The predicted molar refractivity (Wildman–Crippen MR) is 68.3 cm³/mol. The molecule has 17 heavy (non-hydrogen) atoms. The lowest BCUT2D eigenvalue weighted by Gasteiger charge is -2.20. The number of carbonyl (C=O) groups is 1. The standard InChI is InChI=1S/C14H17NO2/c1-4-15-9-8-10-11(6-5-7-12(10)15)14(2,3)13(16)17/h5-9H,4H2,1-3H3,(H,16,17). The highest BCUT2D eigenvalue weighted by Crippen LogP contribution is 2.31. The average molecular weight is 231 g/mol. The van der Waals surface area contributed by atoms with Crippen LogP contribution in [0.4, 0.5) is 0 Å². The minimum absolute atomic E-state index is 0.797. The van der Waals surface area contributed by atoms with E-state index in [4.69, 9.17) is 0 Å². The molecule has 0 aliphatic heterocycles. The average Bonchev–Trinajstić information content (AvgIpc) is 2.71. The second-order valence-corrected chi connectivity index (χ2v) is 4.77. The van der Waals surface area contributed by atoms with Gasteiger partial charge in [0.05, 0.1) is 5.41 Å². The van der Waals surface area contributed by atoms with Crippen LogP contribution in [0.15, 0.2) is 30.5 Å². The van der Waals surface area contributed by atoms with Crippen molar-refractivity contribution in [2.75, 3.05) is 0 Å². The number of nitrogens with zero attached hydrogens (tertiary/aromatic N) is 1. The maximum atomic E-state index is 11.3. The van der Waals surface area contributed by atoms with Crippen LogP contribution in [0.5, 0.6) is 0 Å². The highest BCUT2D eigenvalue weighted by Gasteiger charge is 2.31. The van der Waals surface area contributed by atoms with E-state index in [9.17, 15) is 9.90 Å². The number of carboxylic acids is 1. The Morgan fingerprint density at radius 1 is 1.35 bits per heavy atom. The van der Waals surface area contributed by atoms with Crippen molar-refractivity contribution >= 4 is 16.9 Å². The second kappa shape index (κ2) is 3.91. The molecule has 0 aliphatic carbocycles. The number of carboxylic acid groups (broad SMARTS) is 1. The Hall–Kier alpha value is -1.77. The zero-order valence-electron chi connectivity index (χ0n) is 10.4. The fourth-order valence-corrected chi connectivity index (χ4v) is 2.16. The number of fused-ring (bicyclic) bond motifs is 1. The lowest BCUT2D eigenvalue weighted by molar-refractivity contribution is -0.142. The molecule has 0 atom stereocenters. The van der Waals surface area contributed by atoms with Gasteiger partial charge >= 0.3 is 5.97 Å². The van der Waals surface area contributed by atoms with Crippen LogP contribution in [-0.4, -0.2) is 15.6 Å². The van der Waals surface area contributed by atoms with Gasteiger partial charge < -0.3 is 9.67 Å². The Bertz CT molecular complexity index is 567. The van der Waals surface area contributed by atoms with Gasteiger partial charge in [-0.3, -0.25) is 4.79 Å². The molecule has 1 N–H and O–H groups in total. The third kappa shape index (κ3) is 1.71. The van der Waals surface area contributed by atoms with Crippen LogP contribution in [-0.2, 0) is 16.8 Å². The second-order valence-electron chi connectivity index (χ2n) is 4.77. The molecule has 1 aromatic heterocycles. The summed E-state index contributed by atoms with van der Waals surface area (Å²) in [5.74, 6) is -0.797. The summed E-state index contributed by atoms with van der Waals surface area (Å²) >= 11 is 0. The Morgan fingerprint density at radius 3 is 2.65 bits per heavy atom. The minimum Gasteiger partial charge on any atom is -0.481 e. The number of aromatic nitrogens is 1. The molecular formula is C14H17NO2. The van der Waals surface area contributed by atoms with Crippen LogP contribution >= 0.6 is 0 Å². The van der Waals surface area contributed by atoms with Gasteiger partial charge in [-0.1, -0.05) is 12.1 Å². The van der Waals surface area contributed by atoms with Crippen LogP contribution in [0.25, 0.3) is 10.9 Å². The number of hydrogen-bond acceptors (Lipinski definition) is 1. The molecule has 1 aromatic carbocycles. The van der Waals surface area contributed by atoms with Gasteiger partial charge in [-0.05, 0) is 38.5 Å². The largest absolute Gasteiger partial charge is 0.481 e. The fourth-order valence-electron chi connectivity index (χ4n) is 2.16. The summed E-state index contributed by atoms with van der Waals surface area (Å²) in [4.78, 5) is 11.3. The van der Waals surface area contributed by atoms with Gasteiger partial charge in [0.2, 0.25) is 0 Å². The van der Waals surface area contributed by atoms with Crippen molar-refractivity contribution < 1.29 is 9.90 Å². The van der Waals surface area contributed by atoms with E-state index < -0.39 is 11.4 Å². The topological polar surface area (TPSA) is 42.2 Å². The Balaban J connectivity index is 2.71. The SMILES string of the molecule is CCn1ccc2c(C(C)(C)C(=O)O)cccc21. The molecule has 0 amide bonds. The van der Waals surface area contributed by atoms with Crippen molar-refractivity contribution in [1.29, 1.82) is 0 Å². The molecule has 2 rings (SSSR count). The maximum Gasteiger partial charge on any atom is 0.313 e. The predicted octanol–water partition coefficient (Wildman–Crippen LogP) is 3.02. The number of aryl methyl sites for hydroxylation is 1. The summed E-state index contributed by atoms with van der Waals surface area (Å²) in [6.45, 7) is 6.45. The van der Waals surface area contributed by atoms with Crippen molar-refractivity contribution in [3.63, 3.8) is 0 Å². The normalized spacial score (nSPS) is 11.9. The molecule has 0 radical (unpaired) electrons. The first-order valence-electron chi connectivity index (χ1n) is 5.80. The first-order valence-corrected chi connectivity index (χ1v) is 5.80. The van der Waals surface area contributed by atoms with Gasteiger partial charge in [-0.25, -0.2) is 0 Å². The summed E-state index contributed by atoms with van der Waals surface area (Å²) in [7, 11) is 0. The van der Waals surface area contributed by atoms with E-state index in [1.165, 1.54) is 0 Å². The van der Waals surface area contributed by atoms with Crippen LogP contribution < -0.4 is 0 Å². The van der Waals surface area contributed by atoms with E-state index in [0.717, 1.165) is 23.0 Å². The van der Waals surface area contributed by atoms with Crippen LogP contribution in [0, 0.1) is 0 Å². The first kappa shape index (κ1) is 11.7. The molecule has 3 nitrogen and oxygen atoms in total. The highest BCUT2D eigenvalue weighted by atomic mass is 16.4. The van der Waals surface area contributed by atoms with Crippen molar-refractivity contribution in [2.45, 2.75) is 32.7 Å². The van der Waals surface area contributed by atoms with E-state index in [-0.39, 0.29) is 0 Å². The minimum atomic E-state index is -0.862. The van der Waals surface area contributed by atoms with Crippen molar-refractivity contribution in [2.24, 2.45) is 0 Å². The zero-order valence-corrected chi connectivity index (χ0v) is 10.4. The molecule has 0 fully saturated rings. The molecule has 0 unspecified atom stereocenters. The van der Waals surface area contributed by atoms with Crippen molar-refractivity contribution in [3.8, 4) is 0 Å². The van der Waals surface area contributed by atoms with Crippen LogP contribution in [0.3, 0.4) is 0 Å². The van der Waals surface area contributed by atoms with Gasteiger partial charge in [0.15, 0.2) is 0 Å². The van der Waals surface area contributed by atoms with E-state index in [1.54, 1.807) is 13.8 Å². The molecular weight excluding hydrogens is 214 g/mol. The molecule has 3 heteroatoms.